The summed E-state index contributed by atoms with van der Waals surface area (Å²) >= 11 is 5.88. The van der Waals surface area contributed by atoms with Gasteiger partial charge in [-0.05, 0) is 76.1 Å². The second kappa shape index (κ2) is 11.8. The standard InChI is InChI=1S/C25H33ClN2O4/c1-18(24(30)27-25(2,3)4)28(17-19-8-12-21(31-5)13-9-19)23(29)7-6-16-32-22-14-10-20(26)11-15-22/h8-15,18H,6-7,16-17H2,1-5H3,(H,27,30)/t18-/m1/s1. The highest BCUT2D eigenvalue weighted by atomic mass is 35.5. The molecule has 0 aliphatic rings. The molecule has 0 aliphatic carbocycles. The maximum absolute atomic E-state index is 13.1. The number of amides is 2. The van der Waals surface area contributed by atoms with E-state index in [-0.39, 0.29) is 23.8 Å². The van der Waals surface area contributed by atoms with E-state index >= 15 is 0 Å². The number of benzene rings is 2. The van der Waals surface area contributed by atoms with Gasteiger partial charge in [-0.2, -0.15) is 0 Å². The fourth-order valence-corrected chi connectivity index (χ4v) is 3.20. The van der Waals surface area contributed by atoms with Gasteiger partial charge in [-0.15, -0.1) is 0 Å². The smallest absolute Gasteiger partial charge is 0.242 e. The summed E-state index contributed by atoms with van der Waals surface area (Å²) in [5, 5.41) is 3.61. The molecule has 2 rings (SSSR count). The number of nitrogens with zero attached hydrogens (tertiary/aromatic N) is 1. The highest BCUT2D eigenvalue weighted by molar-refractivity contribution is 6.30. The Morgan fingerprint density at radius 2 is 1.62 bits per heavy atom. The van der Waals surface area contributed by atoms with Gasteiger partial charge in [0.25, 0.3) is 0 Å². The lowest BCUT2D eigenvalue weighted by Gasteiger charge is -2.31. The Labute approximate surface area is 195 Å². The molecular weight excluding hydrogens is 428 g/mol. The minimum atomic E-state index is -0.610. The molecule has 0 spiro atoms. The molecule has 0 unspecified atom stereocenters. The van der Waals surface area contributed by atoms with Crippen molar-refractivity contribution in [2.75, 3.05) is 13.7 Å². The number of methoxy groups -OCH3 is 1. The van der Waals surface area contributed by atoms with Gasteiger partial charge in [0.05, 0.1) is 13.7 Å². The molecule has 2 aromatic carbocycles. The fourth-order valence-electron chi connectivity index (χ4n) is 3.07. The molecule has 1 N–H and O–H groups in total. The van der Waals surface area contributed by atoms with Crippen LogP contribution in [-0.4, -0.2) is 42.0 Å². The van der Waals surface area contributed by atoms with Gasteiger partial charge in [0.1, 0.15) is 17.5 Å². The molecule has 0 radical (unpaired) electrons. The predicted molar refractivity (Wildman–Crippen MR) is 127 cm³/mol. The second-order valence-electron chi connectivity index (χ2n) is 8.69. The SMILES string of the molecule is COc1ccc(CN(C(=O)CCCOc2ccc(Cl)cc2)[C@H](C)C(=O)NC(C)(C)C)cc1. The number of halogens is 1. The maximum atomic E-state index is 13.1. The van der Waals surface area contributed by atoms with Crippen molar-refractivity contribution in [1.29, 1.82) is 0 Å². The Morgan fingerprint density at radius 1 is 1.03 bits per heavy atom. The van der Waals surface area contributed by atoms with E-state index in [1.807, 2.05) is 45.0 Å². The van der Waals surface area contributed by atoms with Gasteiger partial charge in [0.15, 0.2) is 0 Å². The summed E-state index contributed by atoms with van der Waals surface area (Å²) < 4.78 is 10.9. The first-order valence-electron chi connectivity index (χ1n) is 10.7. The van der Waals surface area contributed by atoms with Gasteiger partial charge in [-0.25, -0.2) is 0 Å². The average Bonchev–Trinajstić information content (AvgIpc) is 2.75. The molecule has 0 aromatic heterocycles. The van der Waals surface area contributed by atoms with Gasteiger partial charge < -0.3 is 19.7 Å². The van der Waals surface area contributed by atoms with Crippen LogP contribution in [-0.2, 0) is 16.1 Å². The summed E-state index contributed by atoms with van der Waals surface area (Å²) in [5.74, 6) is 1.16. The molecule has 7 heteroatoms. The van der Waals surface area contributed by atoms with Crippen molar-refractivity contribution in [2.45, 2.75) is 58.7 Å². The van der Waals surface area contributed by atoms with Crippen molar-refractivity contribution < 1.29 is 19.1 Å². The van der Waals surface area contributed by atoms with Gasteiger partial charge in [-0.3, -0.25) is 9.59 Å². The zero-order valence-corrected chi connectivity index (χ0v) is 20.2. The minimum absolute atomic E-state index is 0.0999. The van der Waals surface area contributed by atoms with Crippen molar-refractivity contribution in [1.82, 2.24) is 10.2 Å². The lowest BCUT2D eigenvalue weighted by molar-refractivity contribution is -0.141. The molecule has 0 heterocycles. The van der Waals surface area contributed by atoms with Crippen molar-refractivity contribution in [2.24, 2.45) is 0 Å². The van der Waals surface area contributed by atoms with Crippen LogP contribution < -0.4 is 14.8 Å². The largest absolute Gasteiger partial charge is 0.497 e. The van der Waals surface area contributed by atoms with Crippen LogP contribution in [0.1, 0.15) is 46.1 Å². The molecule has 0 fully saturated rings. The third-order valence-corrected chi connectivity index (χ3v) is 5.05. The summed E-state index contributed by atoms with van der Waals surface area (Å²) in [6, 6.07) is 14.0. The Hall–Kier alpha value is -2.73. The molecule has 32 heavy (non-hydrogen) atoms. The molecule has 2 amide bonds. The van der Waals surface area contributed by atoms with Crippen LogP contribution >= 0.6 is 11.6 Å². The maximum Gasteiger partial charge on any atom is 0.242 e. The minimum Gasteiger partial charge on any atom is -0.497 e. The highest BCUT2D eigenvalue weighted by Gasteiger charge is 2.28. The zero-order chi connectivity index (χ0) is 23.7. The summed E-state index contributed by atoms with van der Waals surface area (Å²) in [7, 11) is 1.61. The highest BCUT2D eigenvalue weighted by Crippen LogP contribution is 2.18. The van der Waals surface area contributed by atoms with E-state index in [9.17, 15) is 9.59 Å². The van der Waals surface area contributed by atoms with Crippen LogP contribution in [0.4, 0.5) is 0 Å². The molecule has 2 aromatic rings. The van der Waals surface area contributed by atoms with E-state index in [0.29, 0.717) is 30.3 Å². The van der Waals surface area contributed by atoms with E-state index in [0.717, 1.165) is 11.3 Å². The zero-order valence-electron chi connectivity index (χ0n) is 19.5. The molecule has 174 valence electrons. The van der Waals surface area contributed by atoms with Crippen LogP contribution in [0.3, 0.4) is 0 Å². The van der Waals surface area contributed by atoms with E-state index in [4.69, 9.17) is 21.1 Å². The van der Waals surface area contributed by atoms with Crippen molar-refractivity contribution in [3.8, 4) is 11.5 Å². The van der Waals surface area contributed by atoms with Crippen LogP contribution in [0.15, 0.2) is 48.5 Å². The second-order valence-corrected chi connectivity index (χ2v) is 9.13. The number of ether oxygens (including phenoxy) is 2. The van der Waals surface area contributed by atoms with Gasteiger partial charge in [0, 0.05) is 23.5 Å². The molecule has 0 saturated heterocycles. The predicted octanol–water partition coefficient (Wildman–Crippen LogP) is 4.84. The number of carbonyl (C=O) groups excluding carboxylic acids is 2. The van der Waals surface area contributed by atoms with Crippen LogP contribution in [0.25, 0.3) is 0 Å². The molecule has 1 atom stereocenters. The van der Waals surface area contributed by atoms with Gasteiger partial charge >= 0.3 is 0 Å². The molecule has 6 nitrogen and oxygen atoms in total. The van der Waals surface area contributed by atoms with Crippen LogP contribution in [0, 0.1) is 0 Å². The topological polar surface area (TPSA) is 67.9 Å². The van der Waals surface area contributed by atoms with E-state index in [2.05, 4.69) is 5.32 Å². The number of nitrogens with one attached hydrogen (secondary N) is 1. The first-order chi connectivity index (χ1) is 15.1. The Balaban J connectivity index is 2.03. The quantitative estimate of drug-likeness (QED) is 0.515. The van der Waals surface area contributed by atoms with Crippen molar-refractivity contribution in [3.05, 3.63) is 59.1 Å². The lowest BCUT2D eigenvalue weighted by Crippen LogP contribution is -2.52. The third-order valence-electron chi connectivity index (χ3n) is 4.79. The Morgan fingerprint density at radius 3 is 2.19 bits per heavy atom. The van der Waals surface area contributed by atoms with Gasteiger partial charge in [-0.1, -0.05) is 23.7 Å². The number of rotatable bonds is 10. The number of hydrogen-bond acceptors (Lipinski definition) is 4. The van der Waals surface area contributed by atoms with Crippen LogP contribution in [0.2, 0.25) is 5.02 Å². The summed E-state index contributed by atoms with van der Waals surface area (Å²) in [6.07, 6.45) is 0.811. The fraction of sp³-hybridized carbons (Fsp3) is 0.440. The Bertz CT molecular complexity index is 876. The molecule has 0 bridgehead atoms. The first kappa shape index (κ1) is 25.5. The van der Waals surface area contributed by atoms with Crippen molar-refractivity contribution >= 4 is 23.4 Å². The molecular formula is C25H33ClN2O4. The Kier molecular flexibility index (Phi) is 9.39. The number of carbonyl (C=O) groups is 2. The summed E-state index contributed by atoms with van der Waals surface area (Å²) in [5.41, 5.74) is 0.541. The first-order valence-corrected chi connectivity index (χ1v) is 11.1. The van der Waals surface area contributed by atoms with E-state index < -0.39 is 6.04 Å². The summed E-state index contributed by atoms with van der Waals surface area (Å²) in [4.78, 5) is 27.5. The molecule has 0 aliphatic heterocycles. The van der Waals surface area contributed by atoms with E-state index in [1.165, 1.54) is 0 Å². The lowest BCUT2D eigenvalue weighted by atomic mass is 10.1. The average molecular weight is 461 g/mol. The molecule has 0 saturated carbocycles. The van der Waals surface area contributed by atoms with E-state index in [1.54, 1.807) is 43.2 Å². The normalized spacial score (nSPS) is 12.1. The summed E-state index contributed by atoms with van der Waals surface area (Å²) in [6.45, 7) is 8.24. The van der Waals surface area contributed by atoms with Gasteiger partial charge in [0.2, 0.25) is 11.8 Å². The van der Waals surface area contributed by atoms with Crippen LogP contribution in [0.5, 0.6) is 11.5 Å². The monoisotopic (exact) mass is 460 g/mol. The third kappa shape index (κ3) is 8.42. The van der Waals surface area contributed by atoms with Crippen molar-refractivity contribution in [3.63, 3.8) is 0 Å². The number of hydrogen-bond donors (Lipinski definition) is 1.